The van der Waals surface area contributed by atoms with Crippen molar-refractivity contribution in [3.8, 4) is 22.5 Å². The third-order valence-electron chi connectivity index (χ3n) is 5.95. The number of rotatable bonds is 5. The fourth-order valence-corrected chi connectivity index (χ4v) is 4.11. The number of carbonyl (C=O) groups is 1. The van der Waals surface area contributed by atoms with Crippen molar-refractivity contribution in [2.75, 3.05) is 31.1 Å². The van der Waals surface area contributed by atoms with Crippen molar-refractivity contribution < 1.29 is 13.6 Å². The molecular formula is C26H23F2N5O. The summed E-state index contributed by atoms with van der Waals surface area (Å²) in [4.78, 5) is 21.5. The Hall–Kier alpha value is -4.07. The van der Waals surface area contributed by atoms with Crippen molar-refractivity contribution >= 4 is 11.7 Å². The first-order valence-corrected chi connectivity index (χ1v) is 11.1. The minimum Gasteiger partial charge on any atom is -0.353 e. The molecule has 1 aliphatic rings. The quantitative estimate of drug-likeness (QED) is 0.448. The summed E-state index contributed by atoms with van der Waals surface area (Å²) in [5.74, 6) is 0.194. The number of anilines is 1. The zero-order valence-corrected chi connectivity index (χ0v) is 18.4. The second-order valence-corrected chi connectivity index (χ2v) is 8.14. The van der Waals surface area contributed by atoms with Gasteiger partial charge in [0.25, 0.3) is 0 Å². The Kier molecular flexibility index (Phi) is 6.03. The number of piperazine rings is 1. The van der Waals surface area contributed by atoms with E-state index in [1.807, 2.05) is 29.2 Å². The molecule has 2 aromatic heterocycles. The summed E-state index contributed by atoms with van der Waals surface area (Å²) in [6, 6.07) is 19.8. The molecule has 1 fully saturated rings. The summed E-state index contributed by atoms with van der Waals surface area (Å²) in [7, 11) is 0. The molecule has 0 radical (unpaired) electrons. The summed E-state index contributed by atoms with van der Waals surface area (Å²) in [5.41, 5.74) is 2.79. The molecule has 8 heteroatoms. The van der Waals surface area contributed by atoms with Gasteiger partial charge in [-0.3, -0.25) is 9.48 Å². The number of benzene rings is 2. The minimum absolute atomic E-state index is 0.0437. The van der Waals surface area contributed by atoms with Crippen LogP contribution in [0.15, 0.2) is 79.0 Å². The highest BCUT2D eigenvalue weighted by atomic mass is 19.1. The normalized spacial score (nSPS) is 13.8. The Morgan fingerprint density at radius 3 is 2.09 bits per heavy atom. The van der Waals surface area contributed by atoms with Crippen LogP contribution in [0.25, 0.3) is 22.5 Å². The number of hydrogen-bond donors (Lipinski definition) is 0. The van der Waals surface area contributed by atoms with E-state index in [0.29, 0.717) is 37.6 Å². The van der Waals surface area contributed by atoms with Crippen LogP contribution in [0.4, 0.5) is 14.6 Å². The molecule has 1 aliphatic heterocycles. The van der Waals surface area contributed by atoms with Crippen LogP contribution >= 0.6 is 0 Å². The summed E-state index contributed by atoms with van der Waals surface area (Å²) in [6.07, 6.45) is 1.76. The lowest BCUT2D eigenvalue weighted by atomic mass is 10.1. The van der Waals surface area contributed by atoms with Gasteiger partial charge in [0.1, 0.15) is 24.0 Å². The van der Waals surface area contributed by atoms with Crippen molar-refractivity contribution in [2.45, 2.75) is 6.54 Å². The Bertz CT molecular complexity index is 1270. The number of halogens is 2. The number of pyridine rings is 1. The van der Waals surface area contributed by atoms with E-state index >= 15 is 0 Å². The van der Waals surface area contributed by atoms with Gasteiger partial charge in [-0.1, -0.05) is 6.07 Å². The van der Waals surface area contributed by atoms with E-state index in [1.54, 1.807) is 35.1 Å². The maximum Gasteiger partial charge on any atom is 0.244 e. The summed E-state index contributed by atoms with van der Waals surface area (Å²) < 4.78 is 28.5. The van der Waals surface area contributed by atoms with Crippen molar-refractivity contribution in [1.82, 2.24) is 19.7 Å². The molecule has 0 spiro atoms. The summed E-state index contributed by atoms with van der Waals surface area (Å²) in [5, 5.41) is 4.64. The number of carbonyl (C=O) groups excluding carboxylic acids is 1. The first-order chi connectivity index (χ1) is 16.6. The second-order valence-electron chi connectivity index (χ2n) is 8.14. The van der Waals surface area contributed by atoms with Gasteiger partial charge in [-0.25, -0.2) is 13.8 Å². The highest BCUT2D eigenvalue weighted by molar-refractivity contribution is 5.78. The topological polar surface area (TPSA) is 54.3 Å². The van der Waals surface area contributed by atoms with Crippen LogP contribution in [-0.2, 0) is 11.3 Å². The maximum atomic E-state index is 13.5. The van der Waals surface area contributed by atoms with Gasteiger partial charge in [-0.2, -0.15) is 5.10 Å². The largest absolute Gasteiger partial charge is 0.353 e. The number of amides is 1. The van der Waals surface area contributed by atoms with Crippen LogP contribution in [0.5, 0.6) is 0 Å². The van der Waals surface area contributed by atoms with E-state index in [2.05, 4.69) is 15.0 Å². The summed E-state index contributed by atoms with van der Waals surface area (Å²) in [6.45, 7) is 2.64. The van der Waals surface area contributed by atoms with Gasteiger partial charge >= 0.3 is 0 Å². The van der Waals surface area contributed by atoms with E-state index in [1.165, 1.54) is 24.3 Å². The van der Waals surface area contributed by atoms with Gasteiger partial charge in [0.2, 0.25) is 5.91 Å². The fraction of sp³-hybridized carbons (Fsp3) is 0.192. The van der Waals surface area contributed by atoms with Crippen LogP contribution in [0.1, 0.15) is 0 Å². The Balaban J connectivity index is 1.36. The highest BCUT2D eigenvalue weighted by Gasteiger charge is 2.23. The zero-order valence-electron chi connectivity index (χ0n) is 18.4. The molecule has 0 aliphatic carbocycles. The SMILES string of the molecule is O=C(Cn1nc(-c2ccc(F)cc2)cc1-c1ccc(F)cc1)N1CCN(c2ccccn2)CC1. The van der Waals surface area contributed by atoms with Gasteiger partial charge in [0.05, 0.1) is 11.4 Å². The van der Waals surface area contributed by atoms with Crippen LogP contribution in [0.3, 0.4) is 0 Å². The molecule has 0 N–H and O–H groups in total. The predicted molar refractivity (Wildman–Crippen MR) is 126 cm³/mol. The first-order valence-electron chi connectivity index (χ1n) is 11.1. The van der Waals surface area contributed by atoms with Gasteiger partial charge in [0.15, 0.2) is 0 Å². The van der Waals surface area contributed by atoms with Crippen LogP contribution < -0.4 is 4.90 Å². The van der Waals surface area contributed by atoms with Gasteiger partial charge < -0.3 is 9.80 Å². The molecule has 0 saturated carbocycles. The Morgan fingerprint density at radius 2 is 1.47 bits per heavy atom. The average Bonchev–Trinajstić information content (AvgIpc) is 3.29. The van der Waals surface area contributed by atoms with E-state index in [9.17, 15) is 13.6 Å². The summed E-state index contributed by atoms with van der Waals surface area (Å²) >= 11 is 0. The fourth-order valence-electron chi connectivity index (χ4n) is 4.11. The Morgan fingerprint density at radius 1 is 0.824 bits per heavy atom. The number of aromatic nitrogens is 3. The van der Waals surface area contributed by atoms with Crippen molar-refractivity contribution in [3.63, 3.8) is 0 Å². The lowest BCUT2D eigenvalue weighted by molar-refractivity contribution is -0.132. The van der Waals surface area contributed by atoms with Crippen LogP contribution in [0, 0.1) is 11.6 Å². The maximum absolute atomic E-state index is 13.5. The molecule has 1 amide bonds. The van der Waals surface area contributed by atoms with E-state index in [4.69, 9.17) is 0 Å². The molecule has 0 unspecified atom stereocenters. The number of hydrogen-bond acceptors (Lipinski definition) is 4. The average molecular weight is 460 g/mol. The third kappa shape index (κ3) is 4.66. The van der Waals surface area contributed by atoms with Gasteiger partial charge in [-0.05, 0) is 66.7 Å². The Labute approximate surface area is 196 Å². The van der Waals surface area contributed by atoms with Crippen LogP contribution in [-0.4, -0.2) is 51.8 Å². The van der Waals surface area contributed by atoms with Crippen molar-refractivity contribution in [3.05, 3.63) is 90.6 Å². The van der Waals surface area contributed by atoms with Crippen molar-refractivity contribution in [2.24, 2.45) is 0 Å². The number of nitrogens with zero attached hydrogens (tertiary/aromatic N) is 5. The van der Waals surface area contributed by atoms with E-state index < -0.39 is 0 Å². The molecule has 0 atom stereocenters. The molecule has 6 nitrogen and oxygen atoms in total. The lowest BCUT2D eigenvalue weighted by Crippen LogP contribution is -2.49. The van der Waals surface area contributed by atoms with E-state index in [0.717, 1.165) is 16.9 Å². The molecule has 3 heterocycles. The zero-order chi connectivity index (χ0) is 23.5. The molecule has 0 bridgehead atoms. The minimum atomic E-state index is -0.338. The molecule has 5 rings (SSSR count). The smallest absolute Gasteiger partial charge is 0.244 e. The molecule has 4 aromatic rings. The predicted octanol–water partition coefficient (Wildman–Crippen LogP) is 4.24. The monoisotopic (exact) mass is 459 g/mol. The molecular weight excluding hydrogens is 436 g/mol. The van der Waals surface area contributed by atoms with Gasteiger partial charge in [-0.15, -0.1) is 0 Å². The first kappa shape index (κ1) is 21.8. The van der Waals surface area contributed by atoms with Gasteiger partial charge in [0, 0.05) is 43.5 Å². The molecule has 2 aromatic carbocycles. The van der Waals surface area contributed by atoms with E-state index in [-0.39, 0.29) is 24.1 Å². The highest BCUT2D eigenvalue weighted by Crippen LogP contribution is 2.27. The molecule has 34 heavy (non-hydrogen) atoms. The third-order valence-corrected chi connectivity index (χ3v) is 5.95. The standard InChI is InChI=1S/C26H23F2N5O/c27-21-8-4-19(5-9-21)23-17-24(20-6-10-22(28)11-7-20)33(30-23)18-26(34)32-15-13-31(14-16-32)25-3-1-2-12-29-25/h1-12,17H,13-16,18H2. The second kappa shape index (κ2) is 9.43. The molecule has 172 valence electrons. The van der Waals surface area contributed by atoms with Crippen LogP contribution in [0.2, 0.25) is 0 Å². The lowest BCUT2D eigenvalue weighted by Gasteiger charge is -2.35. The molecule has 1 saturated heterocycles. The van der Waals surface area contributed by atoms with Crippen molar-refractivity contribution in [1.29, 1.82) is 0 Å².